The van der Waals surface area contributed by atoms with Crippen LogP contribution < -0.4 is 4.74 Å². The van der Waals surface area contributed by atoms with Gasteiger partial charge in [0.05, 0.1) is 13.2 Å². The first-order chi connectivity index (χ1) is 7.10. The highest BCUT2D eigenvalue weighted by Crippen LogP contribution is 2.29. The molecule has 0 fully saturated rings. The van der Waals surface area contributed by atoms with Crippen molar-refractivity contribution in [2.45, 2.75) is 12.2 Å². The number of nitriles is 1. The molecule has 0 spiro atoms. The second kappa shape index (κ2) is 5.12. The number of ether oxygens (including phenoxy) is 1. The van der Waals surface area contributed by atoms with E-state index in [1.807, 2.05) is 0 Å². The molecule has 2 unspecified atom stereocenters. The van der Waals surface area contributed by atoms with Gasteiger partial charge in [0.2, 0.25) is 0 Å². The molecule has 2 N–H and O–H groups in total. The lowest BCUT2D eigenvalue weighted by atomic mass is 10.1. The molecule has 1 aromatic carbocycles. The summed E-state index contributed by atoms with van der Waals surface area (Å²) in [4.78, 5) is 0. The molecule has 1 aromatic rings. The van der Waals surface area contributed by atoms with Crippen molar-refractivity contribution in [1.29, 1.82) is 5.26 Å². The first-order valence-corrected chi connectivity index (χ1v) is 4.98. The summed E-state index contributed by atoms with van der Waals surface area (Å²) in [5.41, 5.74) is 0.449. The third kappa shape index (κ3) is 2.69. The van der Waals surface area contributed by atoms with E-state index in [2.05, 4.69) is 15.9 Å². The van der Waals surface area contributed by atoms with Gasteiger partial charge in [-0.1, -0.05) is 22.0 Å². The third-order valence-corrected chi connectivity index (χ3v) is 2.64. The lowest BCUT2D eigenvalue weighted by Gasteiger charge is -2.14. The minimum atomic E-state index is -1.44. The summed E-state index contributed by atoms with van der Waals surface area (Å²) in [6.07, 6.45) is -2.66. The summed E-state index contributed by atoms with van der Waals surface area (Å²) in [5, 5.41) is 27.2. The van der Waals surface area contributed by atoms with Crippen LogP contribution in [0.4, 0.5) is 0 Å². The van der Waals surface area contributed by atoms with E-state index >= 15 is 0 Å². The standard InChI is InChI=1S/C10H10BrNO3/c1-15-6-2-3-7(8(11)4-6)10(14)9(13)5-12/h2-4,9-10,13-14H,1H3. The molecule has 0 saturated carbocycles. The largest absolute Gasteiger partial charge is 0.497 e. The molecule has 15 heavy (non-hydrogen) atoms. The zero-order valence-corrected chi connectivity index (χ0v) is 9.60. The Hall–Kier alpha value is -1.09. The van der Waals surface area contributed by atoms with E-state index in [0.29, 0.717) is 15.8 Å². The van der Waals surface area contributed by atoms with Crippen LogP contribution in [0.25, 0.3) is 0 Å². The fourth-order valence-electron chi connectivity index (χ4n) is 1.12. The summed E-state index contributed by atoms with van der Waals surface area (Å²) in [5.74, 6) is 0.629. The minimum absolute atomic E-state index is 0.449. The monoisotopic (exact) mass is 271 g/mol. The van der Waals surface area contributed by atoms with E-state index in [4.69, 9.17) is 15.1 Å². The van der Waals surface area contributed by atoms with E-state index in [-0.39, 0.29) is 0 Å². The SMILES string of the molecule is COc1ccc(C(O)C(O)C#N)c(Br)c1. The molecule has 0 heterocycles. The van der Waals surface area contributed by atoms with Gasteiger partial charge in [0.15, 0.2) is 6.10 Å². The Kier molecular flexibility index (Phi) is 4.09. The molecule has 1 rings (SSSR count). The predicted octanol–water partition coefficient (Wildman–Crippen LogP) is 1.38. The highest BCUT2D eigenvalue weighted by molar-refractivity contribution is 9.10. The van der Waals surface area contributed by atoms with Gasteiger partial charge in [0.1, 0.15) is 11.9 Å². The molecule has 2 atom stereocenters. The van der Waals surface area contributed by atoms with E-state index in [1.165, 1.54) is 7.11 Å². The number of aliphatic hydroxyl groups is 2. The molecule has 0 aliphatic carbocycles. The van der Waals surface area contributed by atoms with E-state index in [0.717, 1.165) is 0 Å². The van der Waals surface area contributed by atoms with Crippen LogP contribution >= 0.6 is 15.9 Å². The van der Waals surface area contributed by atoms with Gasteiger partial charge in [-0.25, -0.2) is 0 Å². The maximum atomic E-state index is 9.59. The number of methoxy groups -OCH3 is 1. The molecule has 0 amide bonds. The number of hydrogen-bond acceptors (Lipinski definition) is 4. The van der Waals surface area contributed by atoms with Gasteiger partial charge in [-0.3, -0.25) is 0 Å². The number of aliphatic hydroxyl groups excluding tert-OH is 2. The van der Waals surface area contributed by atoms with E-state index < -0.39 is 12.2 Å². The fourth-order valence-corrected chi connectivity index (χ4v) is 1.71. The van der Waals surface area contributed by atoms with Crippen LogP contribution in [0.2, 0.25) is 0 Å². The minimum Gasteiger partial charge on any atom is -0.497 e. The second-order valence-corrected chi connectivity index (χ2v) is 3.76. The number of rotatable bonds is 3. The molecule has 0 bridgehead atoms. The Bertz CT molecular complexity index is 389. The Morgan fingerprint density at radius 3 is 2.60 bits per heavy atom. The zero-order valence-electron chi connectivity index (χ0n) is 8.01. The Balaban J connectivity index is 3.01. The van der Waals surface area contributed by atoms with Crippen LogP contribution in [0.5, 0.6) is 5.75 Å². The maximum absolute atomic E-state index is 9.59. The number of halogens is 1. The van der Waals surface area contributed by atoms with Crippen LogP contribution in [-0.2, 0) is 0 Å². The van der Waals surface area contributed by atoms with Gasteiger partial charge < -0.3 is 14.9 Å². The van der Waals surface area contributed by atoms with Gasteiger partial charge in [-0.2, -0.15) is 5.26 Å². The second-order valence-electron chi connectivity index (χ2n) is 2.91. The molecular weight excluding hydrogens is 262 g/mol. The molecule has 0 aromatic heterocycles. The third-order valence-electron chi connectivity index (χ3n) is 1.96. The van der Waals surface area contributed by atoms with E-state index in [9.17, 15) is 5.11 Å². The summed E-state index contributed by atoms with van der Waals surface area (Å²) in [6.45, 7) is 0. The summed E-state index contributed by atoms with van der Waals surface area (Å²) >= 11 is 3.23. The number of hydrogen-bond donors (Lipinski definition) is 2. The topological polar surface area (TPSA) is 73.5 Å². The Morgan fingerprint density at radius 2 is 2.13 bits per heavy atom. The lowest BCUT2D eigenvalue weighted by Crippen LogP contribution is -2.16. The van der Waals surface area contributed by atoms with Crippen molar-refractivity contribution in [2.24, 2.45) is 0 Å². The molecule has 0 aliphatic rings. The summed E-state index contributed by atoms with van der Waals surface area (Å²) < 4.78 is 5.56. The molecule has 4 nitrogen and oxygen atoms in total. The highest BCUT2D eigenvalue weighted by atomic mass is 79.9. The van der Waals surface area contributed by atoms with Crippen molar-refractivity contribution < 1.29 is 14.9 Å². The van der Waals surface area contributed by atoms with Crippen molar-refractivity contribution in [3.05, 3.63) is 28.2 Å². The number of benzene rings is 1. The van der Waals surface area contributed by atoms with Crippen molar-refractivity contribution in [3.63, 3.8) is 0 Å². The molecular formula is C10H10BrNO3. The van der Waals surface area contributed by atoms with Gasteiger partial charge >= 0.3 is 0 Å². The lowest BCUT2D eigenvalue weighted by molar-refractivity contribution is 0.0523. The van der Waals surface area contributed by atoms with Crippen LogP contribution in [-0.4, -0.2) is 23.4 Å². The van der Waals surface area contributed by atoms with Gasteiger partial charge in [-0.15, -0.1) is 0 Å². The van der Waals surface area contributed by atoms with Crippen molar-refractivity contribution in [3.8, 4) is 11.8 Å². The van der Waals surface area contributed by atoms with Gasteiger partial charge in [-0.05, 0) is 17.7 Å². The molecule has 0 saturated heterocycles. The summed E-state index contributed by atoms with van der Waals surface area (Å²) in [7, 11) is 1.53. The first kappa shape index (κ1) is 12.0. The van der Waals surface area contributed by atoms with E-state index in [1.54, 1.807) is 24.3 Å². The maximum Gasteiger partial charge on any atom is 0.170 e. The normalized spacial score (nSPS) is 14.1. The van der Waals surface area contributed by atoms with Crippen LogP contribution in [0, 0.1) is 11.3 Å². The van der Waals surface area contributed by atoms with Crippen LogP contribution in [0.15, 0.2) is 22.7 Å². The van der Waals surface area contributed by atoms with Crippen molar-refractivity contribution in [1.82, 2.24) is 0 Å². The summed E-state index contributed by atoms with van der Waals surface area (Å²) in [6, 6.07) is 6.47. The van der Waals surface area contributed by atoms with Crippen LogP contribution in [0.1, 0.15) is 11.7 Å². The highest BCUT2D eigenvalue weighted by Gasteiger charge is 2.20. The number of nitrogens with zero attached hydrogens (tertiary/aromatic N) is 1. The van der Waals surface area contributed by atoms with Gasteiger partial charge in [0.25, 0.3) is 0 Å². The average molecular weight is 272 g/mol. The smallest absolute Gasteiger partial charge is 0.170 e. The molecule has 0 radical (unpaired) electrons. The molecule has 5 heteroatoms. The fraction of sp³-hybridized carbons (Fsp3) is 0.300. The molecule has 0 aliphatic heterocycles. The molecule has 80 valence electrons. The first-order valence-electron chi connectivity index (χ1n) is 4.19. The Labute approximate surface area is 95.9 Å². The quantitative estimate of drug-likeness (QED) is 0.815. The predicted molar refractivity (Wildman–Crippen MR) is 57.3 cm³/mol. The zero-order chi connectivity index (χ0) is 11.4. The van der Waals surface area contributed by atoms with Crippen LogP contribution in [0.3, 0.4) is 0 Å². The van der Waals surface area contributed by atoms with Crippen molar-refractivity contribution in [2.75, 3.05) is 7.11 Å². The van der Waals surface area contributed by atoms with Gasteiger partial charge in [0, 0.05) is 4.47 Å². The average Bonchev–Trinajstić information content (AvgIpc) is 2.26. The Morgan fingerprint density at radius 1 is 1.47 bits per heavy atom. The van der Waals surface area contributed by atoms with Crippen molar-refractivity contribution >= 4 is 15.9 Å².